The zero-order chi connectivity index (χ0) is 6.15. The van der Waals surface area contributed by atoms with Gasteiger partial charge in [0, 0.05) is 6.04 Å². The van der Waals surface area contributed by atoms with E-state index in [1.54, 1.807) is 0 Å². The molecule has 2 atom stereocenters. The third kappa shape index (κ3) is 1.01. The second kappa shape index (κ2) is 2.03. The van der Waals surface area contributed by atoms with Gasteiger partial charge in [-0.15, -0.1) is 0 Å². The highest BCUT2D eigenvalue weighted by Crippen LogP contribution is 2.15. The monoisotopic (exact) mass is 114 g/mol. The standard InChI is InChI=1S/C6H14N2/c1-4-6-7-8(6)5(2)3/h5-7H,4H2,1-3H3. The van der Waals surface area contributed by atoms with Crippen LogP contribution in [-0.4, -0.2) is 17.2 Å². The summed E-state index contributed by atoms with van der Waals surface area (Å²) >= 11 is 0. The first kappa shape index (κ1) is 6.05. The molecular weight excluding hydrogens is 100 g/mol. The molecule has 2 nitrogen and oxygen atoms in total. The number of hydrazine groups is 1. The van der Waals surface area contributed by atoms with Crippen LogP contribution in [0.1, 0.15) is 27.2 Å². The molecule has 0 aromatic heterocycles. The Balaban J connectivity index is 2.16. The van der Waals surface area contributed by atoms with E-state index in [1.807, 2.05) is 0 Å². The number of rotatable bonds is 2. The van der Waals surface area contributed by atoms with Crippen molar-refractivity contribution < 1.29 is 0 Å². The Kier molecular flexibility index (Phi) is 1.54. The maximum atomic E-state index is 3.25. The van der Waals surface area contributed by atoms with E-state index in [-0.39, 0.29) is 0 Å². The predicted octanol–water partition coefficient (Wildman–Crippen LogP) is 0.951. The maximum absolute atomic E-state index is 3.25. The minimum atomic E-state index is 0.667. The van der Waals surface area contributed by atoms with Gasteiger partial charge in [-0.3, -0.25) is 0 Å². The SMILES string of the molecule is CCC1NN1C(C)C. The van der Waals surface area contributed by atoms with Crippen molar-refractivity contribution in [3.63, 3.8) is 0 Å². The van der Waals surface area contributed by atoms with Crippen LogP contribution in [0.5, 0.6) is 0 Å². The summed E-state index contributed by atoms with van der Waals surface area (Å²) < 4.78 is 0. The summed E-state index contributed by atoms with van der Waals surface area (Å²) in [6.45, 7) is 6.59. The van der Waals surface area contributed by atoms with Gasteiger partial charge in [0.2, 0.25) is 0 Å². The summed E-state index contributed by atoms with van der Waals surface area (Å²) in [7, 11) is 0. The van der Waals surface area contributed by atoms with Gasteiger partial charge in [0.25, 0.3) is 0 Å². The van der Waals surface area contributed by atoms with Crippen molar-refractivity contribution in [1.82, 2.24) is 10.4 Å². The summed E-state index contributed by atoms with van der Waals surface area (Å²) in [6.07, 6.45) is 1.90. The summed E-state index contributed by atoms with van der Waals surface area (Å²) in [5, 5.41) is 2.26. The van der Waals surface area contributed by atoms with Crippen LogP contribution in [0.4, 0.5) is 0 Å². The van der Waals surface area contributed by atoms with E-state index in [4.69, 9.17) is 0 Å². The van der Waals surface area contributed by atoms with Gasteiger partial charge >= 0.3 is 0 Å². The first-order valence-electron chi connectivity index (χ1n) is 3.30. The molecule has 0 aromatic carbocycles. The lowest BCUT2D eigenvalue weighted by Crippen LogP contribution is -2.12. The highest BCUT2D eigenvalue weighted by Gasteiger charge is 2.32. The molecule has 0 aliphatic carbocycles. The number of nitrogens with one attached hydrogen (secondary N) is 1. The molecule has 0 saturated carbocycles. The fourth-order valence-corrected chi connectivity index (χ4v) is 0.936. The van der Waals surface area contributed by atoms with Crippen molar-refractivity contribution in [3.05, 3.63) is 0 Å². The first-order chi connectivity index (χ1) is 3.75. The van der Waals surface area contributed by atoms with E-state index < -0.39 is 0 Å². The molecule has 1 fully saturated rings. The van der Waals surface area contributed by atoms with Crippen molar-refractivity contribution >= 4 is 0 Å². The Morgan fingerprint density at radius 3 is 2.38 bits per heavy atom. The summed E-state index contributed by atoms with van der Waals surface area (Å²) in [5.74, 6) is 0. The Morgan fingerprint density at radius 1 is 1.62 bits per heavy atom. The molecule has 1 heterocycles. The average molecular weight is 114 g/mol. The van der Waals surface area contributed by atoms with Crippen molar-refractivity contribution in [2.24, 2.45) is 0 Å². The lowest BCUT2D eigenvalue weighted by molar-refractivity contribution is 0.394. The fraction of sp³-hybridized carbons (Fsp3) is 1.00. The van der Waals surface area contributed by atoms with Crippen molar-refractivity contribution in [2.75, 3.05) is 0 Å². The van der Waals surface area contributed by atoms with E-state index in [2.05, 4.69) is 31.2 Å². The van der Waals surface area contributed by atoms with Gasteiger partial charge in [0.05, 0.1) is 6.17 Å². The molecule has 0 aromatic rings. The highest BCUT2D eigenvalue weighted by molar-refractivity contribution is 4.78. The third-order valence-corrected chi connectivity index (χ3v) is 1.51. The topological polar surface area (TPSA) is 25.0 Å². The Labute approximate surface area is 50.8 Å². The molecule has 2 heteroatoms. The van der Waals surface area contributed by atoms with Crippen LogP contribution >= 0.6 is 0 Å². The van der Waals surface area contributed by atoms with Crippen LogP contribution in [0.15, 0.2) is 0 Å². The molecule has 1 N–H and O–H groups in total. The largest absolute Gasteiger partial charge is 0.235 e. The summed E-state index contributed by atoms with van der Waals surface area (Å²) in [4.78, 5) is 0. The van der Waals surface area contributed by atoms with Crippen molar-refractivity contribution in [3.8, 4) is 0 Å². The molecule has 1 aliphatic rings. The molecular formula is C6H14N2. The molecule has 0 amide bonds. The Morgan fingerprint density at radius 2 is 2.25 bits per heavy atom. The van der Waals surface area contributed by atoms with E-state index in [9.17, 15) is 0 Å². The van der Waals surface area contributed by atoms with Crippen LogP contribution in [0, 0.1) is 0 Å². The van der Waals surface area contributed by atoms with Gasteiger partial charge in [-0.05, 0) is 20.3 Å². The molecule has 0 bridgehead atoms. The molecule has 1 saturated heterocycles. The van der Waals surface area contributed by atoms with Gasteiger partial charge in [-0.25, -0.2) is 10.4 Å². The third-order valence-electron chi connectivity index (χ3n) is 1.51. The first-order valence-corrected chi connectivity index (χ1v) is 3.30. The second-order valence-corrected chi connectivity index (χ2v) is 2.55. The molecule has 8 heavy (non-hydrogen) atoms. The van der Waals surface area contributed by atoms with E-state index in [0.29, 0.717) is 12.2 Å². The van der Waals surface area contributed by atoms with Crippen LogP contribution in [-0.2, 0) is 0 Å². The number of nitrogens with zero attached hydrogens (tertiary/aromatic N) is 1. The zero-order valence-electron chi connectivity index (χ0n) is 5.81. The van der Waals surface area contributed by atoms with E-state index >= 15 is 0 Å². The lowest BCUT2D eigenvalue weighted by atomic mass is 10.4. The quantitative estimate of drug-likeness (QED) is 0.541. The Bertz CT molecular complexity index is 80.6. The molecule has 48 valence electrons. The summed E-state index contributed by atoms with van der Waals surface area (Å²) in [5.41, 5.74) is 3.25. The predicted molar refractivity (Wildman–Crippen MR) is 34.2 cm³/mol. The maximum Gasteiger partial charge on any atom is 0.0864 e. The zero-order valence-corrected chi connectivity index (χ0v) is 5.81. The number of hydrogen-bond acceptors (Lipinski definition) is 2. The number of hydrogen-bond donors (Lipinski definition) is 1. The highest BCUT2D eigenvalue weighted by atomic mass is 15.8. The van der Waals surface area contributed by atoms with Crippen molar-refractivity contribution in [1.29, 1.82) is 0 Å². The van der Waals surface area contributed by atoms with Crippen LogP contribution in [0.25, 0.3) is 0 Å². The van der Waals surface area contributed by atoms with Crippen molar-refractivity contribution in [2.45, 2.75) is 39.4 Å². The molecule has 0 radical (unpaired) electrons. The fourth-order valence-electron chi connectivity index (χ4n) is 0.936. The van der Waals surface area contributed by atoms with Gasteiger partial charge in [-0.1, -0.05) is 6.92 Å². The van der Waals surface area contributed by atoms with E-state index in [1.165, 1.54) is 6.42 Å². The molecule has 0 spiro atoms. The van der Waals surface area contributed by atoms with Gasteiger partial charge in [0.1, 0.15) is 0 Å². The van der Waals surface area contributed by atoms with Crippen LogP contribution in [0.2, 0.25) is 0 Å². The Hall–Kier alpha value is -0.0800. The van der Waals surface area contributed by atoms with Crippen LogP contribution in [0.3, 0.4) is 0 Å². The summed E-state index contributed by atoms with van der Waals surface area (Å²) in [6, 6.07) is 0.667. The normalized spacial score (nSPS) is 36.0. The van der Waals surface area contributed by atoms with Crippen LogP contribution < -0.4 is 5.43 Å². The second-order valence-electron chi connectivity index (χ2n) is 2.55. The molecule has 1 aliphatic heterocycles. The van der Waals surface area contributed by atoms with Gasteiger partial charge < -0.3 is 0 Å². The van der Waals surface area contributed by atoms with E-state index in [0.717, 1.165) is 0 Å². The minimum Gasteiger partial charge on any atom is -0.235 e. The van der Waals surface area contributed by atoms with Gasteiger partial charge in [0.15, 0.2) is 0 Å². The molecule has 2 unspecified atom stereocenters. The average Bonchev–Trinajstić information content (AvgIpc) is 2.42. The smallest absolute Gasteiger partial charge is 0.0864 e. The molecule has 1 rings (SSSR count). The minimum absolute atomic E-state index is 0.667. The lowest BCUT2D eigenvalue weighted by Gasteiger charge is -2.00. The van der Waals surface area contributed by atoms with Gasteiger partial charge in [-0.2, -0.15) is 0 Å².